The van der Waals surface area contributed by atoms with Crippen LogP contribution in [0.25, 0.3) is 11.4 Å². The lowest BCUT2D eigenvalue weighted by molar-refractivity contribution is 0.627. The van der Waals surface area contributed by atoms with Gasteiger partial charge in [0.2, 0.25) is 0 Å². The number of rotatable bonds is 1. The Kier molecular flexibility index (Phi) is 3.39. The quantitative estimate of drug-likeness (QED) is 0.810. The van der Waals surface area contributed by atoms with Gasteiger partial charge in [0.05, 0.1) is 0 Å². The molecular weight excluding hydrogens is 297 g/mol. The number of hydrogen-bond donors (Lipinski definition) is 0. The van der Waals surface area contributed by atoms with Crippen LogP contribution in [0.5, 0.6) is 0 Å². The zero-order chi connectivity index (χ0) is 13.3. The lowest BCUT2D eigenvalue weighted by Crippen LogP contribution is -2.00. The molecular formula is C13H9BrFN3. The molecule has 0 aliphatic heterocycles. The third-order valence-electron chi connectivity index (χ3n) is 2.62. The summed E-state index contributed by atoms with van der Waals surface area (Å²) < 4.78 is 13.9. The average Bonchev–Trinajstić information content (AvgIpc) is 2.31. The van der Waals surface area contributed by atoms with Crippen molar-refractivity contribution in [2.75, 3.05) is 0 Å². The van der Waals surface area contributed by atoms with Gasteiger partial charge in [0.25, 0.3) is 0 Å². The maximum absolute atomic E-state index is 13.3. The number of benzene rings is 1. The molecule has 0 amide bonds. The van der Waals surface area contributed by atoms with Gasteiger partial charge in [-0.25, -0.2) is 14.4 Å². The Bertz CT molecular complexity index is 642. The van der Waals surface area contributed by atoms with Crippen molar-refractivity contribution in [1.29, 1.82) is 5.26 Å². The summed E-state index contributed by atoms with van der Waals surface area (Å²) >= 11 is 3.22. The average molecular weight is 306 g/mol. The molecule has 0 N–H and O–H groups in total. The predicted molar refractivity (Wildman–Crippen MR) is 69.3 cm³/mol. The summed E-state index contributed by atoms with van der Waals surface area (Å²) in [5, 5.41) is 9.00. The Morgan fingerprint density at radius 2 is 1.94 bits per heavy atom. The number of halogens is 2. The highest BCUT2D eigenvalue weighted by Gasteiger charge is 2.10. The van der Waals surface area contributed by atoms with Crippen LogP contribution in [0.2, 0.25) is 0 Å². The van der Waals surface area contributed by atoms with Crippen molar-refractivity contribution in [3.05, 3.63) is 45.4 Å². The minimum absolute atomic E-state index is 0.317. The van der Waals surface area contributed by atoms with Crippen LogP contribution in [-0.2, 0) is 0 Å². The molecule has 2 aromatic rings. The number of nitrogens with zero attached hydrogens (tertiary/aromatic N) is 3. The molecule has 0 saturated heterocycles. The van der Waals surface area contributed by atoms with Crippen LogP contribution < -0.4 is 0 Å². The van der Waals surface area contributed by atoms with E-state index in [1.807, 2.05) is 6.07 Å². The van der Waals surface area contributed by atoms with E-state index in [4.69, 9.17) is 5.26 Å². The zero-order valence-electron chi connectivity index (χ0n) is 9.83. The molecule has 0 atom stereocenters. The van der Waals surface area contributed by atoms with Crippen molar-refractivity contribution in [1.82, 2.24) is 9.97 Å². The van der Waals surface area contributed by atoms with Crippen LogP contribution in [0, 0.1) is 31.0 Å². The molecule has 1 heterocycles. The molecule has 0 radical (unpaired) electrons. The molecule has 0 aliphatic carbocycles. The van der Waals surface area contributed by atoms with E-state index in [0.717, 1.165) is 11.3 Å². The highest BCUT2D eigenvalue weighted by Crippen LogP contribution is 2.23. The maximum atomic E-state index is 13.3. The van der Waals surface area contributed by atoms with Gasteiger partial charge in [0.1, 0.15) is 17.6 Å². The molecule has 90 valence electrons. The van der Waals surface area contributed by atoms with E-state index in [1.165, 1.54) is 12.1 Å². The number of aryl methyl sites for hydroxylation is 1. The van der Waals surface area contributed by atoms with Crippen LogP contribution in [-0.4, -0.2) is 9.97 Å². The molecule has 0 spiro atoms. The van der Waals surface area contributed by atoms with Gasteiger partial charge in [-0.1, -0.05) is 15.9 Å². The van der Waals surface area contributed by atoms with Gasteiger partial charge in [-0.05, 0) is 32.0 Å². The fourth-order valence-corrected chi connectivity index (χ4v) is 2.02. The Morgan fingerprint density at radius 3 is 2.56 bits per heavy atom. The van der Waals surface area contributed by atoms with E-state index in [0.29, 0.717) is 21.6 Å². The summed E-state index contributed by atoms with van der Waals surface area (Å²) in [5.41, 5.74) is 2.33. The van der Waals surface area contributed by atoms with Crippen LogP contribution in [0.4, 0.5) is 4.39 Å². The topological polar surface area (TPSA) is 49.6 Å². The van der Waals surface area contributed by atoms with Gasteiger partial charge in [-0.2, -0.15) is 5.26 Å². The Balaban J connectivity index is 2.65. The molecule has 0 bridgehead atoms. The monoisotopic (exact) mass is 305 g/mol. The van der Waals surface area contributed by atoms with Gasteiger partial charge in [-0.3, -0.25) is 0 Å². The molecule has 0 aliphatic rings. The first-order valence-corrected chi connectivity index (χ1v) is 6.02. The van der Waals surface area contributed by atoms with E-state index in [2.05, 4.69) is 25.9 Å². The number of hydrogen-bond acceptors (Lipinski definition) is 3. The third-order valence-corrected chi connectivity index (χ3v) is 3.07. The molecule has 1 aromatic heterocycles. The summed E-state index contributed by atoms with van der Waals surface area (Å²) in [6.45, 7) is 3.59. The number of aromatic nitrogens is 2. The first-order chi connectivity index (χ1) is 8.51. The van der Waals surface area contributed by atoms with Crippen molar-refractivity contribution in [2.24, 2.45) is 0 Å². The molecule has 2 rings (SSSR count). The van der Waals surface area contributed by atoms with Crippen LogP contribution in [0.3, 0.4) is 0 Å². The van der Waals surface area contributed by atoms with Crippen molar-refractivity contribution in [2.45, 2.75) is 13.8 Å². The Labute approximate surface area is 112 Å². The van der Waals surface area contributed by atoms with E-state index < -0.39 is 0 Å². The fourth-order valence-electron chi connectivity index (χ4n) is 1.55. The van der Waals surface area contributed by atoms with Crippen molar-refractivity contribution in [3.63, 3.8) is 0 Å². The molecule has 5 heteroatoms. The number of nitriles is 1. The van der Waals surface area contributed by atoms with Crippen molar-refractivity contribution in [3.8, 4) is 17.5 Å². The second-order valence-electron chi connectivity index (χ2n) is 3.88. The van der Waals surface area contributed by atoms with Gasteiger partial charge in [0.15, 0.2) is 5.82 Å². The minimum Gasteiger partial charge on any atom is -0.233 e. The second-order valence-corrected chi connectivity index (χ2v) is 4.79. The molecule has 0 saturated carbocycles. The second kappa shape index (κ2) is 4.83. The van der Waals surface area contributed by atoms with Gasteiger partial charge < -0.3 is 0 Å². The molecule has 18 heavy (non-hydrogen) atoms. The summed E-state index contributed by atoms with van der Waals surface area (Å²) in [6.07, 6.45) is 0. The highest BCUT2D eigenvalue weighted by molar-refractivity contribution is 9.10. The van der Waals surface area contributed by atoms with Crippen molar-refractivity contribution >= 4 is 15.9 Å². The Morgan fingerprint density at radius 1 is 1.22 bits per heavy atom. The van der Waals surface area contributed by atoms with E-state index in [-0.39, 0.29) is 5.82 Å². The molecule has 0 fully saturated rings. The standard InChI is InChI=1S/C13H9BrFN3/c1-7-8(2)17-13(18-12(7)6-16)9-3-10(14)5-11(15)4-9/h3-5H,1-2H3. The largest absolute Gasteiger partial charge is 0.233 e. The lowest BCUT2D eigenvalue weighted by atomic mass is 10.1. The minimum atomic E-state index is -0.375. The van der Waals surface area contributed by atoms with Crippen LogP contribution >= 0.6 is 15.9 Å². The molecule has 1 aromatic carbocycles. The highest BCUT2D eigenvalue weighted by atomic mass is 79.9. The third kappa shape index (κ3) is 2.39. The summed E-state index contributed by atoms with van der Waals surface area (Å²) in [7, 11) is 0. The Hall–Kier alpha value is -1.80. The van der Waals surface area contributed by atoms with Gasteiger partial charge in [-0.15, -0.1) is 0 Å². The molecule has 0 unspecified atom stereocenters. The smallest absolute Gasteiger partial charge is 0.161 e. The summed E-state index contributed by atoms with van der Waals surface area (Å²) in [5.74, 6) is -0.0189. The SMILES string of the molecule is Cc1nc(-c2cc(F)cc(Br)c2)nc(C#N)c1C. The van der Waals surface area contributed by atoms with Crippen LogP contribution in [0.15, 0.2) is 22.7 Å². The van der Waals surface area contributed by atoms with Gasteiger partial charge in [0, 0.05) is 21.3 Å². The van der Waals surface area contributed by atoms with Crippen molar-refractivity contribution < 1.29 is 4.39 Å². The first-order valence-electron chi connectivity index (χ1n) is 5.23. The van der Waals surface area contributed by atoms with E-state index in [9.17, 15) is 4.39 Å². The van der Waals surface area contributed by atoms with E-state index >= 15 is 0 Å². The summed E-state index contributed by atoms with van der Waals surface area (Å²) in [4.78, 5) is 8.43. The molecule has 3 nitrogen and oxygen atoms in total. The first kappa shape index (κ1) is 12.7. The zero-order valence-corrected chi connectivity index (χ0v) is 11.4. The van der Waals surface area contributed by atoms with E-state index in [1.54, 1.807) is 19.9 Å². The summed E-state index contributed by atoms with van der Waals surface area (Å²) in [6, 6.07) is 6.44. The lowest BCUT2D eigenvalue weighted by Gasteiger charge is -2.06. The predicted octanol–water partition coefficient (Wildman–Crippen LogP) is 3.53. The normalized spacial score (nSPS) is 10.2. The maximum Gasteiger partial charge on any atom is 0.161 e. The van der Waals surface area contributed by atoms with Gasteiger partial charge >= 0.3 is 0 Å². The van der Waals surface area contributed by atoms with Crippen LogP contribution in [0.1, 0.15) is 17.0 Å². The fraction of sp³-hybridized carbons (Fsp3) is 0.154.